The van der Waals surface area contributed by atoms with E-state index >= 15 is 0 Å². The molecule has 0 saturated carbocycles. The molecule has 0 spiro atoms. The van der Waals surface area contributed by atoms with Gasteiger partial charge in [0.1, 0.15) is 5.54 Å². The lowest BCUT2D eigenvalue weighted by atomic mass is 9.93. The van der Waals surface area contributed by atoms with E-state index in [9.17, 15) is 9.59 Å². The zero-order valence-corrected chi connectivity index (χ0v) is 12.0. The van der Waals surface area contributed by atoms with Crippen molar-refractivity contribution in [1.29, 1.82) is 0 Å². The van der Waals surface area contributed by atoms with Gasteiger partial charge in [0.2, 0.25) is 11.8 Å². The van der Waals surface area contributed by atoms with Crippen molar-refractivity contribution in [3.8, 4) is 0 Å². The largest absolute Gasteiger partial charge is 0.352 e. The van der Waals surface area contributed by atoms with E-state index in [1.807, 2.05) is 13.8 Å². The summed E-state index contributed by atoms with van der Waals surface area (Å²) in [5.41, 5.74) is -0.708. The Morgan fingerprint density at radius 2 is 2.21 bits per heavy atom. The molecule has 2 aliphatic heterocycles. The van der Waals surface area contributed by atoms with Crippen LogP contribution >= 0.6 is 0 Å². The third kappa shape index (κ3) is 3.26. The predicted molar refractivity (Wildman–Crippen MR) is 73.6 cm³/mol. The molecule has 2 heterocycles. The van der Waals surface area contributed by atoms with Gasteiger partial charge in [0.25, 0.3) is 0 Å². The normalized spacial score (nSPS) is 26.9. The molecular formula is C14H25N3O2. The second-order valence-corrected chi connectivity index (χ2v) is 6.11. The maximum atomic E-state index is 12.3. The minimum absolute atomic E-state index is 0.0496. The first kappa shape index (κ1) is 14.3. The Bertz CT molecular complexity index is 349. The van der Waals surface area contributed by atoms with Crippen molar-refractivity contribution in [2.75, 3.05) is 26.2 Å². The number of carbonyl (C=O) groups is 2. The van der Waals surface area contributed by atoms with Crippen LogP contribution in [-0.4, -0.2) is 48.4 Å². The highest BCUT2D eigenvalue weighted by molar-refractivity contribution is 5.91. The summed E-state index contributed by atoms with van der Waals surface area (Å²) in [4.78, 5) is 25.9. The number of piperazine rings is 1. The molecule has 2 saturated heterocycles. The van der Waals surface area contributed by atoms with Crippen LogP contribution in [0, 0.1) is 5.92 Å². The fraction of sp³-hybridized carbons (Fsp3) is 0.857. The van der Waals surface area contributed by atoms with Gasteiger partial charge in [0, 0.05) is 19.5 Å². The zero-order chi connectivity index (χ0) is 13.9. The minimum Gasteiger partial charge on any atom is -0.352 e. The molecule has 0 aromatic heterocycles. The van der Waals surface area contributed by atoms with Gasteiger partial charge in [-0.05, 0) is 52.1 Å². The van der Waals surface area contributed by atoms with E-state index in [-0.39, 0.29) is 11.8 Å². The van der Waals surface area contributed by atoms with E-state index in [1.165, 1.54) is 12.8 Å². The summed E-state index contributed by atoms with van der Waals surface area (Å²) >= 11 is 0. The van der Waals surface area contributed by atoms with Crippen molar-refractivity contribution in [1.82, 2.24) is 15.5 Å². The Hall–Kier alpha value is -1.10. The molecule has 5 heteroatoms. The molecule has 0 aromatic rings. The van der Waals surface area contributed by atoms with Crippen molar-refractivity contribution in [3.05, 3.63) is 0 Å². The van der Waals surface area contributed by atoms with Gasteiger partial charge in [-0.1, -0.05) is 0 Å². The van der Waals surface area contributed by atoms with Crippen LogP contribution in [0.5, 0.6) is 0 Å². The summed E-state index contributed by atoms with van der Waals surface area (Å²) in [6.07, 6.45) is 3.91. The standard InChI is InChI=1S/C14H25N3O2/c1-14(2)13(19)16-8-9-17(14)12(18)6-5-11-4-3-7-15-10-11/h11,15H,3-10H2,1-2H3,(H,16,19). The van der Waals surface area contributed by atoms with Crippen LogP contribution in [0.3, 0.4) is 0 Å². The smallest absolute Gasteiger partial charge is 0.245 e. The lowest BCUT2D eigenvalue weighted by Gasteiger charge is -2.41. The number of nitrogens with zero attached hydrogens (tertiary/aromatic N) is 1. The van der Waals surface area contributed by atoms with Gasteiger partial charge in [-0.25, -0.2) is 0 Å². The van der Waals surface area contributed by atoms with E-state index in [2.05, 4.69) is 10.6 Å². The third-order valence-corrected chi connectivity index (χ3v) is 4.32. The molecular weight excluding hydrogens is 242 g/mol. The van der Waals surface area contributed by atoms with E-state index in [0.29, 0.717) is 25.4 Å². The van der Waals surface area contributed by atoms with Crippen molar-refractivity contribution in [2.24, 2.45) is 5.92 Å². The zero-order valence-electron chi connectivity index (χ0n) is 12.0. The van der Waals surface area contributed by atoms with Gasteiger partial charge in [-0.3, -0.25) is 9.59 Å². The molecule has 0 radical (unpaired) electrons. The highest BCUT2D eigenvalue weighted by atomic mass is 16.2. The van der Waals surface area contributed by atoms with E-state index in [0.717, 1.165) is 19.5 Å². The molecule has 5 nitrogen and oxygen atoms in total. The van der Waals surface area contributed by atoms with E-state index < -0.39 is 5.54 Å². The van der Waals surface area contributed by atoms with Crippen molar-refractivity contribution >= 4 is 11.8 Å². The van der Waals surface area contributed by atoms with Crippen molar-refractivity contribution in [3.63, 3.8) is 0 Å². The number of rotatable bonds is 3. The first-order valence-corrected chi connectivity index (χ1v) is 7.31. The Morgan fingerprint density at radius 3 is 2.89 bits per heavy atom. The van der Waals surface area contributed by atoms with Gasteiger partial charge in [0.15, 0.2) is 0 Å². The third-order valence-electron chi connectivity index (χ3n) is 4.32. The van der Waals surface area contributed by atoms with E-state index in [1.54, 1.807) is 4.90 Å². The Labute approximate surface area is 115 Å². The molecule has 2 aliphatic rings. The monoisotopic (exact) mass is 267 g/mol. The Morgan fingerprint density at radius 1 is 1.42 bits per heavy atom. The summed E-state index contributed by atoms with van der Waals surface area (Å²) in [7, 11) is 0. The summed E-state index contributed by atoms with van der Waals surface area (Å²) in [6.45, 7) is 6.96. The van der Waals surface area contributed by atoms with Gasteiger partial charge >= 0.3 is 0 Å². The second-order valence-electron chi connectivity index (χ2n) is 6.11. The molecule has 1 atom stereocenters. The van der Waals surface area contributed by atoms with Gasteiger partial charge in [-0.15, -0.1) is 0 Å². The van der Waals surface area contributed by atoms with Crippen LogP contribution in [0.4, 0.5) is 0 Å². The molecule has 108 valence electrons. The number of carbonyl (C=O) groups excluding carboxylic acids is 2. The van der Waals surface area contributed by atoms with Gasteiger partial charge < -0.3 is 15.5 Å². The van der Waals surface area contributed by atoms with Gasteiger partial charge in [0.05, 0.1) is 0 Å². The van der Waals surface area contributed by atoms with Gasteiger partial charge in [-0.2, -0.15) is 0 Å². The molecule has 1 unspecified atom stereocenters. The Kier molecular flexibility index (Phi) is 4.45. The van der Waals surface area contributed by atoms with Crippen molar-refractivity contribution < 1.29 is 9.59 Å². The fourth-order valence-electron chi connectivity index (χ4n) is 2.97. The summed E-state index contributed by atoms with van der Waals surface area (Å²) in [5, 5.41) is 6.19. The summed E-state index contributed by atoms with van der Waals surface area (Å²) in [5.74, 6) is 0.677. The lowest BCUT2D eigenvalue weighted by molar-refractivity contribution is -0.149. The quantitative estimate of drug-likeness (QED) is 0.783. The Balaban J connectivity index is 1.86. The molecule has 0 bridgehead atoms. The number of nitrogens with one attached hydrogen (secondary N) is 2. The number of amides is 2. The average Bonchev–Trinajstić information content (AvgIpc) is 2.40. The van der Waals surface area contributed by atoms with E-state index in [4.69, 9.17) is 0 Å². The predicted octanol–water partition coefficient (Wildman–Crippen LogP) is 0.503. The van der Waals surface area contributed by atoms with Crippen LogP contribution in [0.2, 0.25) is 0 Å². The lowest BCUT2D eigenvalue weighted by Crippen LogP contribution is -2.63. The maximum absolute atomic E-state index is 12.3. The minimum atomic E-state index is -0.708. The van der Waals surface area contributed by atoms with Crippen LogP contribution in [-0.2, 0) is 9.59 Å². The SMILES string of the molecule is CC1(C)C(=O)NCCN1C(=O)CCC1CCCNC1. The highest BCUT2D eigenvalue weighted by Gasteiger charge is 2.40. The van der Waals surface area contributed by atoms with Crippen LogP contribution in [0.1, 0.15) is 39.5 Å². The molecule has 0 aromatic carbocycles. The molecule has 2 rings (SSSR count). The molecule has 2 amide bonds. The molecule has 2 fully saturated rings. The summed E-state index contributed by atoms with van der Waals surface area (Å²) < 4.78 is 0. The number of hydrogen-bond acceptors (Lipinski definition) is 3. The first-order valence-electron chi connectivity index (χ1n) is 7.31. The molecule has 19 heavy (non-hydrogen) atoms. The molecule has 0 aliphatic carbocycles. The first-order chi connectivity index (χ1) is 9.01. The second kappa shape index (κ2) is 5.90. The van der Waals surface area contributed by atoms with Crippen LogP contribution < -0.4 is 10.6 Å². The maximum Gasteiger partial charge on any atom is 0.245 e. The summed E-state index contributed by atoms with van der Waals surface area (Å²) in [6, 6.07) is 0. The average molecular weight is 267 g/mol. The van der Waals surface area contributed by atoms with Crippen molar-refractivity contribution in [2.45, 2.75) is 45.1 Å². The fourth-order valence-corrected chi connectivity index (χ4v) is 2.97. The topological polar surface area (TPSA) is 61.4 Å². The molecule has 2 N–H and O–H groups in total. The van der Waals surface area contributed by atoms with Crippen LogP contribution in [0.25, 0.3) is 0 Å². The highest BCUT2D eigenvalue weighted by Crippen LogP contribution is 2.21. The number of hydrogen-bond donors (Lipinski definition) is 2. The number of piperidine rings is 1. The van der Waals surface area contributed by atoms with Crippen LogP contribution in [0.15, 0.2) is 0 Å².